The highest BCUT2D eigenvalue weighted by atomic mass is 35.5. The lowest BCUT2D eigenvalue weighted by Crippen LogP contribution is -2.42. The number of nitrogens with one attached hydrogen (secondary N) is 1. The van der Waals surface area contributed by atoms with Crippen molar-refractivity contribution in [3.63, 3.8) is 0 Å². The minimum atomic E-state index is 0.240. The van der Waals surface area contributed by atoms with Gasteiger partial charge in [0.1, 0.15) is 0 Å². The first-order valence-electron chi connectivity index (χ1n) is 6.80. The maximum absolute atomic E-state index is 6.20. The maximum Gasteiger partial charge on any atom is 0.0737 e. The number of hydrogen-bond donors (Lipinski definition) is 2. The zero-order valence-corrected chi connectivity index (χ0v) is 11.5. The van der Waals surface area contributed by atoms with E-state index in [2.05, 4.69) is 10.3 Å². The lowest BCUT2D eigenvalue weighted by molar-refractivity contribution is 0.404. The molecule has 0 spiro atoms. The minimum Gasteiger partial charge on any atom is -0.380 e. The molecule has 3 nitrogen and oxygen atoms in total. The van der Waals surface area contributed by atoms with Gasteiger partial charge in [-0.15, -0.1) is 0 Å². The molecule has 19 heavy (non-hydrogen) atoms. The Kier molecular flexibility index (Phi) is 3.58. The van der Waals surface area contributed by atoms with Gasteiger partial charge in [-0.2, -0.15) is 0 Å². The van der Waals surface area contributed by atoms with Crippen LogP contribution in [0.1, 0.15) is 25.7 Å². The number of aromatic nitrogens is 1. The van der Waals surface area contributed by atoms with Crippen molar-refractivity contribution in [2.24, 2.45) is 5.73 Å². The summed E-state index contributed by atoms with van der Waals surface area (Å²) in [6, 6.07) is 8.42. The van der Waals surface area contributed by atoms with Gasteiger partial charge in [0.05, 0.1) is 5.52 Å². The Morgan fingerprint density at radius 1 is 1.21 bits per heavy atom. The van der Waals surface area contributed by atoms with Crippen molar-refractivity contribution in [3.05, 3.63) is 35.5 Å². The van der Waals surface area contributed by atoms with Crippen molar-refractivity contribution in [1.29, 1.82) is 0 Å². The van der Waals surface area contributed by atoms with E-state index in [4.69, 9.17) is 17.3 Å². The van der Waals surface area contributed by atoms with Crippen molar-refractivity contribution >= 4 is 28.2 Å². The van der Waals surface area contributed by atoms with E-state index >= 15 is 0 Å². The van der Waals surface area contributed by atoms with E-state index in [1.54, 1.807) is 0 Å². The van der Waals surface area contributed by atoms with Crippen LogP contribution in [0, 0.1) is 0 Å². The van der Waals surface area contributed by atoms with Gasteiger partial charge >= 0.3 is 0 Å². The molecule has 1 aliphatic rings. The van der Waals surface area contributed by atoms with E-state index in [0.717, 1.165) is 29.4 Å². The summed E-state index contributed by atoms with van der Waals surface area (Å²) in [5.74, 6) is 0. The normalized spacial score (nSPS) is 23.5. The highest BCUT2D eigenvalue weighted by molar-refractivity contribution is 6.31. The zero-order valence-electron chi connectivity index (χ0n) is 10.8. The summed E-state index contributed by atoms with van der Waals surface area (Å²) < 4.78 is 0. The zero-order chi connectivity index (χ0) is 13.2. The van der Waals surface area contributed by atoms with Gasteiger partial charge in [-0.3, -0.25) is 4.98 Å². The van der Waals surface area contributed by atoms with E-state index in [-0.39, 0.29) is 6.04 Å². The number of benzene rings is 1. The highest BCUT2D eigenvalue weighted by Gasteiger charge is 2.21. The Balaban J connectivity index is 1.92. The molecule has 1 fully saturated rings. The first kappa shape index (κ1) is 12.7. The summed E-state index contributed by atoms with van der Waals surface area (Å²) in [6.45, 7) is 0. The SMILES string of the molecule is NC1CCCCC1Nc1ccnc2cc(Cl)ccc12. The number of hydrogen-bond acceptors (Lipinski definition) is 3. The molecule has 2 atom stereocenters. The molecule has 3 rings (SSSR count). The first-order chi connectivity index (χ1) is 9.24. The van der Waals surface area contributed by atoms with E-state index in [1.165, 1.54) is 12.8 Å². The molecule has 1 aliphatic carbocycles. The summed E-state index contributed by atoms with van der Waals surface area (Å²) in [5.41, 5.74) is 8.22. The van der Waals surface area contributed by atoms with Crippen LogP contribution < -0.4 is 11.1 Å². The van der Waals surface area contributed by atoms with Crippen molar-refractivity contribution < 1.29 is 0 Å². The molecule has 3 N–H and O–H groups in total. The molecule has 100 valence electrons. The number of pyridine rings is 1. The summed E-state index contributed by atoms with van der Waals surface area (Å²) in [7, 11) is 0. The number of nitrogens with zero attached hydrogens (tertiary/aromatic N) is 1. The van der Waals surface area contributed by atoms with Gasteiger partial charge in [0.15, 0.2) is 0 Å². The van der Waals surface area contributed by atoms with Crippen LogP contribution in [0.15, 0.2) is 30.5 Å². The van der Waals surface area contributed by atoms with E-state index in [0.29, 0.717) is 11.1 Å². The Labute approximate surface area is 118 Å². The fraction of sp³-hybridized carbons (Fsp3) is 0.400. The number of nitrogens with two attached hydrogens (primary N) is 1. The molecular formula is C15H18ClN3. The highest BCUT2D eigenvalue weighted by Crippen LogP contribution is 2.27. The van der Waals surface area contributed by atoms with Crippen molar-refractivity contribution in [1.82, 2.24) is 4.98 Å². The molecule has 1 aromatic heterocycles. The second-order valence-electron chi connectivity index (χ2n) is 5.22. The molecule has 0 amide bonds. The second kappa shape index (κ2) is 5.35. The van der Waals surface area contributed by atoms with Crippen LogP contribution in [0.2, 0.25) is 5.02 Å². The topological polar surface area (TPSA) is 50.9 Å². The predicted octanol–water partition coefficient (Wildman–Crippen LogP) is 3.57. The molecule has 0 aliphatic heterocycles. The van der Waals surface area contributed by atoms with Crippen LogP contribution in [0.3, 0.4) is 0 Å². The third-order valence-electron chi connectivity index (χ3n) is 3.87. The van der Waals surface area contributed by atoms with Crippen LogP contribution in [0.5, 0.6) is 0 Å². The van der Waals surface area contributed by atoms with E-state index < -0.39 is 0 Å². The number of fused-ring (bicyclic) bond motifs is 1. The van der Waals surface area contributed by atoms with Crippen LogP contribution in [0.4, 0.5) is 5.69 Å². The molecule has 0 saturated heterocycles. The van der Waals surface area contributed by atoms with E-state index in [9.17, 15) is 0 Å². The smallest absolute Gasteiger partial charge is 0.0737 e. The molecule has 1 aromatic carbocycles. The van der Waals surface area contributed by atoms with Gasteiger partial charge in [0.2, 0.25) is 0 Å². The minimum absolute atomic E-state index is 0.240. The largest absolute Gasteiger partial charge is 0.380 e. The summed E-state index contributed by atoms with van der Waals surface area (Å²) in [4.78, 5) is 4.36. The molecule has 2 unspecified atom stereocenters. The molecule has 1 saturated carbocycles. The Bertz CT molecular complexity index is 585. The standard InChI is InChI=1S/C15H18ClN3/c16-10-5-6-11-13(7-8-18-15(11)9-10)19-14-4-2-1-3-12(14)17/h5-9,12,14H,1-4,17H2,(H,18,19). The third kappa shape index (κ3) is 2.67. The van der Waals surface area contributed by atoms with Crippen molar-refractivity contribution in [3.8, 4) is 0 Å². The van der Waals surface area contributed by atoms with Crippen molar-refractivity contribution in [2.45, 2.75) is 37.8 Å². The monoisotopic (exact) mass is 275 g/mol. The number of anilines is 1. The van der Waals surface area contributed by atoms with Crippen molar-refractivity contribution in [2.75, 3.05) is 5.32 Å². The predicted molar refractivity (Wildman–Crippen MR) is 80.6 cm³/mol. The third-order valence-corrected chi connectivity index (χ3v) is 4.10. The van der Waals surface area contributed by atoms with Gasteiger partial charge in [-0.05, 0) is 37.1 Å². The lowest BCUT2D eigenvalue weighted by Gasteiger charge is -2.30. The van der Waals surface area contributed by atoms with E-state index in [1.807, 2.05) is 30.5 Å². The molecular weight excluding hydrogens is 258 g/mol. The average Bonchev–Trinajstić information content (AvgIpc) is 2.41. The summed E-state index contributed by atoms with van der Waals surface area (Å²) in [6.07, 6.45) is 6.55. The average molecular weight is 276 g/mol. The van der Waals surface area contributed by atoms with Crippen LogP contribution in [0.25, 0.3) is 10.9 Å². The Hall–Kier alpha value is -1.32. The first-order valence-corrected chi connectivity index (χ1v) is 7.18. The number of halogens is 1. The maximum atomic E-state index is 6.20. The fourth-order valence-corrected chi connectivity index (χ4v) is 2.95. The van der Waals surface area contributed by atoms with Gasteiger partial charge in [-0.25, -0.2) is 0 Å². The molecule has 0 radical (unpaired) electrons. The fourth-order valence-electron chi connectivity index (χ4n) is 2.79. The summed E-state index contributed by atoms with van der Waals surface area (Å²) in [5, 5.41) is 5.40. The molecule has 2 aromatic rings. The lowest BCUT2D eigenvalue weighted by atomic mass is 9.91. The summed E-state index contributed by atoms with van der Waals surface area (Å²) >= 11 is 6.01. The second-order valence-corrected chi connectivity index (χ2v) is 5.66. The quantitative estimate of drug-likeness (QED) is 0.881. The van der Waals surface area contributed by atoms with Gasteiger partial charge in [0.25, 0.3) is 0 Å². The Morgan fingerprint density at radius 2 is 2.05 bits per heavy atom. The van der Waals surface area contributed by atoms with Crippen LogP contribution in [-0.4, -0.2) is 17.1 Å². The Morgan fingerprint density at radius 3 is 2.89 bits per heavy atom. The van der Waals surface area contributed by atoms with Crippen LogP contribution in [-0.2, 0) is 0 Å². The van der Waals surface area contributed by atoms with Crippen LogP contribution >= 0.6 is 11.6 Å². The molecule has 0 bridgehead atoms. The van der Waals surface area contributed by atoms with Gasteiger partial charge < -0.3 is 11.1 Å². The molecule has 4 heteroatoms. The van der Waals surface area contributed by atoms with Gasteiger partial charge in [0, 0.05) is 34.4 Å². The van der Waals surface area contributed by atoms with Gasteiger partial charge in [-0.1, -0.05) is 24.4 Å². The molecule has 1 heterocycles. The number of rotatable bonds is 2.